The van der Waals surface area contributed by atoms with Gasteiger partial charge in [0.05, 0.1) is 6.10 Å². The van der Waals surface area contributed by atoms with E-state index in [-0.39, 0.29) is 11.5 Å². The zero-order valence-corrected chi connectivity index (χ0v) is 15.0. The summed E-state index contributed by atoms with van der Waals surface area (Å²) in [7, 11) is 1.82. The van der Waals surface area contributed by atoms with Crippen LogP contribution in [0.15, 0.2) is 28.7 Å². The molecule has 2 atom stereocenters. The molecule has 3 heteroatoms. The Morgan fingerprint density at radius 3 is 2.25 bits per heavy atom. The van der Waals surface area contributed by atoms with Gasteiger partial charge in [0.2, 0.25) is 0 Å². The van der Waals surface area contributed by atoms with E-state index in [0.29, 0.717) is 6.04 Å². The van der Waals surface area contributed by atoms with E-state index in [4.69, 9.17) is 4.74 Å². The lowest BCUT2D eigenvalue weighted by atomic mass is 9.82. The zero-order chi connectivity index (χ0) is 15.2. The van der Waals surface area contributed by atoms with E-state index < -0.39 is 0 Å². The van der Waals surface area contributed by atoms with Crippen molar-refractivity contribution >= 4 is 15.9 Å². The number of benzene rings is 1. The number of methoxy groups -OCH3 is 1. The second kappa shape index (κ2) is 8.16. The van der Waals surface area contributed by atoms with Crippen molar-refractivity contribution in [1.82, 2.24) is 5.32 Å². The number of rotatable bonds is 7. The van der Waals surface area contributed by atoms with Crippen molar-refractivity contribution in [1.29, 1.82) is 0 Å². The van der Waals surface area contributed by atoms with Gasteiger partial charge in [-0.2, -0.15) is 0 Å². The van der Waals surface area contributed by atoms with Gasteiger partial charge in [0, 0.05) is 17.6 Å². The maximum atomic E-state index is 5.80. The second-order valence-electron chi connectivity index (χ2n) is 6.41. The lowest BCUT2D eigenvalue weighted by Gasteiger charge is -2.36. The third kappa shape index (κ3) is 5.55. The van der Waals surface area contributed by atoms with E-state index in [1.54, 1.807) is 0 Å². The van der Waals surface area contributed by atoms with Crippen molar-refractivity contribution in [3.8, 4) is 0 Å². The van der Waals surface area contributed by atoms with Crippen LogP contribution in [0.5, 0.6) is 0 Å². The van der Waals surface area contributed by atoms with E-state index in [2.05, 4.69) is 73.2 Å². The maximum absolute atomic E-state index is 5.80. The number of ether oxygens (including phenoxy) is 1. The summed E-state index contributed by atoms with van der Waals surface area (Å²) in [6.45, 7) is 9.94. The molecule has 0 radical (unpaired) electrons. The van der Waals surface area contributed by atoms with Gasteiger partial charge in [-0.1, -0.05) is 55.8 Å². The van der Waals surface area contributed by atoms with Crippen LogP contribution in [0.1, 0.15) is 39.7 Å². The Kier molecular flexibility index (Phi) is 7.21. The minimum atomic E-state index is 0.121. The second-order valence-corrected chi connectivity index (χ2v) is 7.33. The highest BCUT2D eigenvalue weighted by atomic mass is 79.9. The number of halogens is 1. The molecular formula is C17H28BrNO. The standard InChI is InChI=1S/C17H28BrNO/c1-6-11-19-15(16(20-5)17(2,3)4)12-13-7-9-14(18)10-8-13/h7-10,15-16,19H,6,11-12H2,1-5H3. The fraction of sp³-hybridized carbons (Fsp3) is 0.647. The molecule has 0 aliphatic heterocycles. The van der Waals surface area contributed by atoms with Gasteiger partial charge in [0.25, 0.3) is 0 Å². The molecule has 1 aromatic rings. The van der Waals surface area contributed by atoms with Gasteiger partial charge < -0.3 is 10.1 Å². The Labute approximate surface area is 132 Å². The van der Waals surface area contributed by atoms with Crippen molar-refractivity contribution in [3.63, 3.8) is 0 Å². The van der Waals surface area contributed by atoms with Gasteiger partial charge in [-0.05, 0) is 42.5 Å². The van der Waals surface area contributed by atoms with Gasteiger partial charge in [-0.15, -0.1) is 0 Å². The highest BCUT2D eigenvalue weighted by Gasteiger charge is 2.32. The lowest BCUT2D eigenvalue weighted by molar-refractivity contribution is -0.0109. The first-order chi connectivity index (χ1) is 9.38. The van der Waals surface area contributed by atoms with Crippen molar-refractivity contribution in [2.45, 2.75) is 52.7 Å². The van der Waals surface area contributed by atoms with E-state index in [0.717, 1.165) is 23.9 Å². The molecule has 0 bridgehead atoms. The van der Waals surface area contributed by atoms with E-state index in [1.807, 2.05) is 7.11 Å². The minimum Gasteiger partial charge on any atom is -0.379 e. The molecule has 0 heterocycles. The normalized spacial score (nSPS) is 15.1. The summed E-state index contributed by atoms with van der Waals surface area (Å²) in [4.78, 5) is 0. The van der Waals surface area contributed by atoms with Crippen LogP contribution in [0, 0.1) is 5.41 Å². The summed E-state index contributed by atoms with van der Waals surface area (Å²) in [5.74, 6) is 0. The quantitative estimate of drug-likeness (QED) is 0.792. The first-order valence-corrected chi connectivity index (χ1v) is 8.18. The number of hydrogen-bond donors (Lipinski definition) is 1. The summed E-state index contributed by atoms with van der Waals surface area (Å²) >= 11 is 3.49. The first kappa shape index (κ1) is 17.7. The average Bonchev–Trinajstić information content (AvgIpc) is 2.37. The molecule has 0 saturated carbocycles. The van der Waals surface area contributed by atoms with Crippen LogP contribution in [-0.2, 0) is 11.2 Å². The van der Waals surface area contributed by atoms with Crippen LogP contribution in [0.3, 0.4) is 0 Å². The third-order valence-electron chi connectivity index (χ3n) is 3.50. The highest BCUT2D eigenvalue weighted by molar-refractivity contribution is 9.10. The van der Waals surface area contributed by atoms with E-state index >= 15 is 0 Å². The highest BCUT2D eigenvalue weighted by Crippen LogP contribution is 2.26. The molecule has 0 aliphatic rings. The molecule has 0 spiro atoms. The molecule has 2 unspecified atom stereocenters. The third-order valence-corrected chi connectivity index (χ3v) is 4.03. The Morgan fingerprint density at radius 2 is 1.80 bits per heavy atom. The van der Waals surface area contributed by atoms with Gasteiger partial charge in [0.15, 0.2) is 0 Å². The Hall–Kier alpha value is -0.380. The fourth-order valence-corrected chi connectivity index (χ4v) is 2.88. The minimum absolute atomic E-state index is 0.121. The van der Waals surface area contributed by atoms with Crippen LogP contribution in [0.4, 0.5) is 0 Å². The monoisotopic (exact) mass is 341 g/mol. The van der Waals surface area contributed by atoms with Gasteiger partial charge >= 0.3 is 0 Å². The lowest BCUT2D eigenvalue weighted by Crippen LogP contribution is -2.49. The van der Waals surface area contributed by atoms with E-state index in [9.17, 15) is 0 Å². The predicted molar refractivity (Wildman–Crippen MR) is 90.2 cm³/mol. The van der Waals surface area contributed by atoms with Crippen molar-refractivity contribution in [2.75, 3.05) is 13.7 Å². The molecule has 1 rings (SSSR count). The Balaban J connectivity index is 2.84. The molecule has 1 aromatic carbocycles. The summed E-state index contributed by atoms with van der Waals surface area (Å²) < 4.78 is 6.92. The average molecular weight is 342 g/mol. The SMILES string of the molecule is CCCNC(Cc1ccc(Br)cc1)C(OC)C(C)(C)C. The molecule has 0 aliphatic carbocycles. The van der Waals surface area contributed by atoms with Crippen LogP contribution in [-0.4, -0.2) is 25.8 Å². The topological polar surface area (TPSA) is 21.3 Å². The molecule has 1 N–H and O–H groups in total. The van der Waals surface area contributed by atoms with Crippen LogP contribution >= 0.6 is 15.9 Å². The Bertz CT molecular complexity index is 383. The molecule has 114 valence electrons. The molecule has 0 fully saturated rings. The van der Waals surface area contributed by atoms with Gasteiger partial charge in [0.1, 0.15) is 0 Å². The molecule has 0 saturated heterocycles. The molecule has 2 nitrogen and oxygen atoms in total. The number of nitrogens with one attached hydrogen (secondary N) is 1. The van der Waals surface area contributed by atoms with Crippen molar-refractivity contribution in [2.24, 2.45) is 5.41 Å². The van der Waals surface area contributed by atoms with Crippen molar-refractivity contribution < 1.29 is 4.74 Å². The summed E-state index contributed by atoms with van der Waals surface area (Å²) in [5, 5.41) is 3.65. The first-order valence-electron chi connectivity index (χ1n) is 7.39. The maximum Gasteiger partial charge on any atom is 0.0775 e. The molecule has 0 amide bonds. The molecule has 20 heavy (non-hydrogen) atoms. The summed E-state index contributed by atoms with van der Waals surface area (Å²) in [5.41, 5.74) is 1.46. The fourth-order valence-electron chi connectivity index (χ4n) is 2.61. The molecule has 0 aromatic heterocycles. The molecular weight excluding hydrogens is 314 g/mol. The van der Waals surface area contributed by atoms with Gasteiger partial charge in [-0.3, -0.25) is 0 Å². The summed E-state index contributed by atoms with van der Waals surface area (Å²) in [6, 6.07) is 8.90. The van der Waals surface area contributed by atoms with Crippen LogP contribution < -0.4 is 5.32 Å². The van der Waals surface area contributed by atoms with Crippen LogP contribution in [0.2, 0.25) is 0 Å². The number of hydrogen-bond acceptors (Lipinski definition) is 2. The zero-order valence-electron chi connectivity index (χ0n) is 13.4. The van der Waals surface area contributed by atoms with Crippen molar-refractivity contribution in [3.05, 3.63) is 34.3 Å². The van der Waals surface area contributed by atoms with E-state index in [1.165, 1.54) is 5.56 Å². The smallest absolute Gasteiger partial charge is 0.0775 e. The van der Waals surface area contributed by atoms with Crippen LogP contribution in [0.25, 0.3) is 0 Å². The van der Waals surface area contributed by atoms with Gasteiger partial charge in [-0.25, -0.2) is 0 Å². The summed E-state index contributed by atoms with van der Waals surface area (Å²) in [6.07, 6.45) is 2.32. The largest absolute Gasteiger partial charge is 0.379 e. The Morgan fingerprint density at radius 1 is 1.20 bits per heavy atom. The predicted octanol–water partition coefficient (Wildman–Crippen LogP) is 4.42.